The number of nitrogens with one attached hydrogen (secondary N) is 1. The van der Waals surface area contributed by atoms with E-state index in [2.05, 4.69) is 17.2 Å². The zero-order valence-electron chi connectivity index (χ0n) is 6.34. The van der Waals surface area contributed by atoms with Gasteiger partial charge < -0.3 is 14.8 Å². The third kappa shape index (κ3) is 2.76. The van der Waals surface area contributed by atoms with E-state index in [-0.39, 0.29) is 6.10 Å². The summed E-state index contributed by atoms with van der Waals surface area (Å²) < 4.78 is 9.00. The Hall–Kier alpha value is -0.770. The first-order valence-corrected chi connectivity index (χ1v) is 3.66. The van der Waals surface area contributed by atoms with Crippen LogP contribution in [0.1, 0.15) is 12.8 Å². The van der Waals surface area contributed by atoms with Gasteiger partial charge in [-0.15, -0.1) is 0 Å². The molecule has 1 fully saturated rings. The fourth-order valence-electron chi connectivity index (χ4n) is 1.08. The maximum Gasteiger partial charge on any atom is 0.508 e. The van der Waals surface area contributed by atoms with Crippen LogP contribution in [0, 0.1) is 7.11 Å². The molecule has 63 valence electrons. The number of hydrogen-bond donors (Lipinski definition) is 1. The second-order valence-electron chi connectivity index (χ2n) is 2.46. The van der Waals surface area contributed by atoms with Gasteiger partial charge in [0.05, 0.1) is 0 Å². The van der Waals surface area contributed by atoms with Gasteiger partial charge in [0.1, 0.15) is 13.2 Å². The molecule has 0 aliphatic carbocycles. The second-order valence-corrected chi connectivity index (χ2v) is 2.46. The molecule has 0 bridgehead atoms. The first-order valence-electron chi connectivity index (χ1n) is 3.66. The van der Waals surface area contributed by atoms with Crippen molar-refractivity contribution in [3.63, 3.8) is 0 Å². The van der Waals surface area contributed by atoms with Gasteiger partial charge in [-0.3, -0.25) is 0 Å². The third-order valence-corrected chi connectivity index (χ3v) is 1.67. The minimum atomic E-state index is -0.683. The van der Waals surface area contributed by atoms with Crippen LogP contribution in [0.4, 0.5) is 4.79 Å². The van der Waals surface area contributed by atoms with E-state index in [4.69, 9.17) is 4.74 Å². The van der Waals surface area contributed by atoms with E-state index in [1.54, 1.807) is 0 Å². The summed E-state index contributed by atoms with van der Waals surface area (Å²) in [5.74, 6) is 0. The summed E-state index contributed by atoms with van der Waals surface area (Å²) >= 11 is 0. The van der Waals surface area contributed by atoms with Crippen molar-refractivity contribution >= 4 is 6.16 Å². The van der Waals surface area contributed by atoms with Gasteiger partial charge in [-0.05, 0) is 25.9 Å². The van der Waals surface area contributed by atoms with Crippen LogP contribution in [0.5, 0.6) is 0 Å². The molecule has 11 heavy (non-hydrogen) atoms. The fourth-order valence-corrected chi connectivity index (χ4v) is 1.08. The third-order valence-electron chi connectivity index (χ3n) is 1.67. The molecule has 1 aliphatic heterocycles. The summed E-state index contributed by atoms with van der Waals surface area (Å²) in [6.07, 6.45) is 1.03. The first-order chi connectivity index (χ1) is 5.33. The standard InChI is InChI=1S/C7H12NO3/c1-10-7(9)11-6-2-4-8-5-3-6/h6,8H,1-5H2. The van der Waals surface area contributed by atoms with Crippen LogP contribution in [0.3, 0.4) is 0 Å². The zero-order valence-corrected chi connectivity index (χ0v) is 6.34. The molecule has 0 aromatic heterocycles. The van der Waals surface area contributed by atoms with Crippen molar-refractivity contribution in [3.8, 4) is 0 Å². The number of hydrogen-bond acceptors (Lipinski definition) is 4. The lowest BCUT2D eigenvalue weighted by atomic mass is 10.1. The minimum absolute atomic E-state index is 0.00509. The molecule has 1 rings (SSSR count). The van der Waals surface area contributed by atoms with Crippen LogP contribution in [0.25, 0.3) is 0 Å². The highest BCUT2D eigenvalue weighted by atomic mass is 16.7. The van der Waals surface area contributed by atoms with Crippen LogP contribution in [0.2, 0.25) is 0 Å². The molecule has 0 atom stereocenters. The number of rotatable bonds is 1. The van der Waals surface area contributed by atoms with Gasteiger partial charge in [-0.1, -0.05) is 0 Å². The summed E-state index contributed by atoms with van der Waals surface area (Å²) in [7, 11) is 2.96. The molecule has 0 spiro atoms. The summed E-state index contributed by atoms with van der Waals surface area (Å²) in [5.41, 5.74) is 0. The Labute approximate surface area is 65.9 Å². The van der Waals surface area contributed by atoms with Gasteiger partial charge in [0, 0.05) is 0 Å². The highest BCUT2D eigenvalue weighted by Crippen LogP contribution is 2.07. The molecule has 4 nitrogen and oxygen atoms in total. The first kappa shape index (κ1) is 8.33. The second kappa shape index (κ2) is 4.18. The zero-order chi connectivity index (χ0) is 8.10. The normalized spacial score (nSPS) is 19.4. The smallest absolute Gasteiger partial charge is 0.431 e. The van der Waals surface area contributed by atoms with Gasteiger partial charge in [0.2, 0.25) is 0 Å². The average molecular weight is 158 g/mol. The summed E-state index contributed by atoms with van der Waals surface area (Å²) in [6, 6.07) is 0. The lowest BCUT2D eigenvalue weighted by Crippen LogP contribution is -2.33. The fraction of sp³-hybridized carbons (Fsp3) is 0.714. The maximum atomic E-state index is 10.6. The van der Waals surface area contributed by atoms with Crippen LogP contribution < -0.4 is 5.32 Å². The van der Waals surface area contributed by atoms with E-state index in [9.17, 15) is 4.79 Å². The van der Waals surface area contributed by atoms with Crippen LogP contribution in [0.15, 0.2) is 0 Å². The van der Waals surface area contributed by atoms with E-state index in [0.717, 1.165) is 25.9 Å². The van der Waals surface area contributed by atoms with E-state index in [0.29, 0.717) is 0 Å². The van der Waals surface area contributed by atoms with E-state index in [1.165, 1.54) is 0 Å². The van der Waals surface area contributed by atoms with Crippen molar-refractivity contribution in [3.05, 3.63) is 7.11 Å². The number of piperidine rings is 1. The highest BCUT2D eigenvalue weighted by molar-refractivity contribution is 5.60. The van der Waals surface area contributed by atoms with Crippen LogP contribution in [-0.4, -0.2) is 25.3 Å². The van der Waals surface area contributed by atoms with E-state index in [1.807, 2.05) is 0 Å². The van der Waals surface area contributed by atoms with Crippen LogP contribution >= 0.6 is 0 Å². The summed E-state index contributed by atoms with van der Waals surface area (Å²) in [5, 5.41) is 3.16. The lowest BCUT2D eigenvalue weighted by Gasteiger charge is -2.21. The summed E-state index contributed by atoms with van der Waals surface area (Å²) in [6.45, 7) is 1.80. The Morgan fingerprint density at radius 1 is 1.45 bits per heavy atom. The van der Waals surface area contributed by atoms with Gasteiger partial charge in [-0.25, -0.2) is 4.79 Å². The molecule has 1 heterocycles. The average Bonchev–Trinajstić information content (AvgIpc) is 2.06. The van der Waals surface area contributed by atoms with Crippen molar-refractivity contribution < 1.29 is 14.3 Å². The monoisotopic (exact) mass is 158 g/mol. The van der Waals surface area contributed by atoms with Crippen molar-refractivity contribution in [2.24, 2.45) is 0 Å². The lowest BCUT2D eigenvalue weighted by molar-refractivity contribution is 0.0331. The van der Waals surface area contributed by atoms with Crippen molar-refractivity contribution in [2.75, 3.05) is 13.1 Å². The van der Waals surface area contributed by atoms with E-state index >= 15 is 0 Å². The molecule has 0 amide bonds. The Morgan fingerprint density at radius 3 is 2.64 bits per heavy atom. The maximum absolute atomic E-state index is 10.6. The Bertz CT molecular complexity index is 132. The van der Waals surface area contributed by atoms with Crippen LogP contribution in [-0.2, 0) is 9.47 Å². The predicted octanol–water partition coefficient (Wildman–Crippen LogP) is 0.683. The molecule has 4 heteroatoms. The molecule has 0 unspecified atom stereocenters. The molecule has 1 radical (unpaired) electrons. The van der Waals surface area contributed by atoms with Gasteiger partial charge in [-0.2, -0.15) is 0 Å². The van der Waals surface area contributed by atoms with Gasteiger partial charge >= 0.3 is 6.16 Å². The molecule has 1 N–H and O–H groups in total. The Morgan fingerprint density at radius 2 is 2.09 bits per heavy atom. The number of carbonyl (C=O) groups excluding carboxylic acids is 1. The molecule has 0 aromatic carbocycles. The topological polar surface area (TPSA) is 47.6 Å². The van der Waals surface area contributed by atoms with Crippen molar-refractivity contribution in [1.82, 2.24) is 5.32 Å². The predicted molar refractivity (Wildman–Crippen MR) is 38.8 cm³/mol. The van der Waals surface area contributed by atoms with Gasteiger partial charge in [0.25, 0.3) is 0 Å². The Kier molecular flexibility index (Phi) is 3.16. The number of carbonyl (C=O) groups is 1. The van der Waals surface area contributed by atoms with E-state index < -0.39 is 6.16 Å². The van der Waals surface area contributed by atoms with Crippen molar-refractivity contribution in [2.45, 2.75) is 18.9 Å². The minimum Gasteiger partial charge on any atom is -0.431 e. The molecule has 1 aliphatic rings. The number of ether oxygens (including phenoxy) is 2. The molecule has 0 aromatic rings. The molecule has 1 saturated heterocycles. The molecule has 0 saturated carbocycles. The SMILES string of the molecule is [CH2]OC(=O)OC1CCNCC1. The summed E-state index contributed by atoms with van der Waals surface area (Å²) in [4.78, 5) is 10.6. The largest absolute Gasteiger partial charge is 0.508 e. The highest BCUT2D eigenvalue weighted by Gasteiger charge is 2.16. The Balaban J connectivity index is 2.19. The molecular formula is C7H12NO3. The van der Waals surface area contributed by atoms with Crippen molar-refractivity contribution in [1.29, 1.82) is 0 Å². The quantitative estimate of drug-likeness (QED) is 0.570. The van der Waals surface area contributed by atoms with Gasteiger partial charge in [0.15, 0.2) is 0 Å². The molecular weight excluding hydrogens is 146 g/mol.